The summed E-state index contributed by atoms with van der Waals surface area (Å²) >= 11 is 0. The zero-order valence-electron chi connectivity index (χ0n) is 10.4. The lowest BCUT2D eigenvalue weighted by Gasteiger charge is -2.22. The van der Waals surface area contributed by atoms with Gasteiger partial charge >= 0.3 is 0 Å². The molecule has 1 fully saturated rings. The molecule has 0 bridgehead atoms. The maximum Gasteiger partial charge on any atom is 0.251 e. The molecule has 2 rings (SSSR count). The van der Waals surface area contributed by atoms with Crippen molar-refractivity contribution < 1.29 is 9.53 Å². The van der Waals surface area contributed by atoms with Crippen LogP contribution >= 0.6 is 0 Å². The van der Waals surface area contributed by atoms with Crippen molar-refractivity contribution in [1.82, 2.24) is 10.3 Å². The second-order valence-electron chi connectivity index (χ2n) is 4.49. The number of nitrogens with zero attached hydrogens (tertiary/aromatic N) is 1. The van der Waals surface area contributed by atoms with E-state index in [9.17, 15) is 4.79 Å². The topological polar surface area (TPSA) is 63.2 Å². The van der Waals surface area contributed by atoms with E-state index >= 15 is 0 Å². The highest BCUT2D eigenvalue weighted by molar-refractivity contribution is 5.90. The van der Waals surface area contributed by atoms with Crippen molar-refractivity contribution in [2.75, 3.05) is 31.6 Å². The van der Waals surface area contributed by atoms with Gasteiger partial charge in [0.1, 0.15) is 12.4 Å². The first-order valence-corrected chi connectivity index (χ1v) is 6.34. The Morgan fingerprint density at radius 2 is 2.50 bits per heavy atom. The molecule has 1 aliphatic rings. The number of carbonyl (C=O) groups excluding carboxylic acids is 1. The zero-order valence-corrected chi connectivity index (χ0v) is 10.4. The number of carbonyl (C=O) groups is 1. The molecule has 1 saturated heterocycles. The zero-order chi connectivity index (χ0) is 12.6. The number of rotatable bonds is 5. The summed E-state index contributed by atoms with van der Waals surface area (Å²) in [4.78, 5) is 15.6. The standard InChI is InChI=1S/C13H19N3O2/c17-13(16-12-5-1-2-7-15-12)10-18-9-11-4-3-6-14-8-11/h1-2,5,7,11,14H,3-4,6,8-10H2,(H,15,16,17). The van der Waals surface area contributed by atoms with Crippen LogP contribution in [0.3, 0.4) is 0 Å². The summed E-state index contributed by atoms with van der Waals surface area (Å²) in [5.41, 5.74) is 0. The van der Waals surface area contributed by atoms with Crippen molar-refractivity contribution >= 4 is 11.7 Å². The average Bonchev–Trinajstić information content (AvgIpc) is 2.41. The fraction of sp³-hybridized carbons (Fsp3) is 0.538. The van der Waals surface area contributed by atoms with Gasteiger partial charge in [0.05, 0.1) is 6.61 Å². The molecule has 0 spiro atoms. The number of aromatic nitrogens is 1. The van der Waals surface area contributed by atoms with Crippen molar-refractivity contribution in [3.8, 4) is 0 Å². The molecule has 1 aromatic rings. The predicted molar refractivity (Wildman–Crippen MR) is 69.3 cm³/mol. The van der Waals surface area contributed by atoms with Gasteiger partial charge < -0.3 is 15.4 Å². The number of ether oxygens (including phenoxy) is 1. The average molecular weight is 249 g/mol. The molecule has 1 amide bonds. The van der Waals surface area contributed by atoms with Gasteiger partial charge in [-0.2, -0.15) is 0 Å². The van der Waals surface area contributed by atoms with Crippen LogP contribution in [0.5, 0.6) is 0 Å². The summed E-state index contributed by atoms with van der Waals surface area (Å²) in [5, 5.41) is 6.01. The van der Waals surface area contributed by atoms with Crippen LogP contribution in [-0.4, -0.2) is 37.2 Å². The second-order valence-corrected chi connectivity index (χ2v) is 4.49. The van der Waals surface area contributed by atoms with E-state index in [-0.39, 0.29) is 12.5 Å². The third-order valence-electron chi connectivity index (χ3n) is 2.92. The monoisotopic (exact) mass is 249 g/mol. The van der Waals surface area contributed by atoms with Crippen molar-refractivity contribution in [3.63, 3.8) is 0 Å². The number of hydrogen-bond donors (Lipinski definition) is 2. The van der Waals surface area contributed by atoms with Crippen LogP contribution in [0.15, 0.2) is 24.4 Å². The highest BCUT2D eigenvalue weighted by Gasteiger charge is 2.13. The van der Waals surface area contributed by atoms with Crippen molar-refractivity contribution in [2.24, 2.45) is 5.92 Å². The van der Waals surface area contributed by atoms with Gasteiger partial charge in [-0.3, -0.25) is 4.79 Å². The quantitative estimate of drug-likeness (QED) is 0.818. The Hall–Kier alpha value is -1.46. The normalized spacial score (nSPS) is 19.4. The molecule has 98 valence electrons. The van der Waals surface area contributed by atoms with Crippen LogP contribution < -0.4 is 10.6 Å². The van der Waals surface area contributed by atoms with Gasteiger partial charge in [0, 0.05) is 12.7 Å². The highest BCUT2D eigenvalue weighted by atomic mass is 16.5. The lowest BCUT2D eigenvalue weighted by Crippen LogP contribution is -2.33. The van der Waals surface area contributed by atoms with E-state index in [0.717, 1.165) is 13.1 Å². The maximum atomic E-state index is 11.6. The summed E-state index contributed by atoms with van der Waals surface area (Å²) in [6.07, 6.45) is 4.01. The Bertz CT molecular complexity index is 364. The van der Waals surface area contributed by atoms with Crippen molar-refractivity contribution in [3.05, 3.63) is 24.4 Å². The Balaban J connectivity index is 1.62. The molecular formula is C13H19N3O2. The van der Waals surface area contributed by atoms with Crippen molar-refractivity contribution in [2.45, 2.75) is 12.8 Å². The predicted octanol–water partition coefficient (Wildman–Crippen LogP) is 1.04. The first kappa shape index (κ1) is 13.0. The van der Waals surface area contributed by atoms with Crippen LogP contribution in [0.4, 0.5) is 5.82 Å². The van der Waals surface area contributed by atoms with Crippen LogP contribution in [0, 0.1) is 5.92 Å². The number of anilines is 1. The largest absolute Gasteiger partial charge is 0.371 e. The Labute approximate surface area is 107 Å². The molecule has 1 atom stereocenters. The molecule has 1 aliphatic heterocycles. The third-order valence-corrected chi connectivity index (χ3v) is 2.92. The number of amides is 1. The Morgan fingerprint density at radius 3 is 3.22 bits per heavy atom. The second kappa shape index (κ2) is 7.08. The van der Waals surface area contributed by atoms with Crippen LogP contribution in [0.25, 0.3) is 0 Å². The van der Waals surface area contributed by atoms with Gasteiger partial charge in [-0.1, -0.05) is 6.07 Å². The fourth-order valence-electron chi connectivity index (χ4n) is 2.00. The van der Waals surface area contributed by atoms with E-state index in [4.69, 9.17) is 4.74 Å². The van der Waals surface area contributed by atoms with E-state index in [1.165, 1.54) is 12.8 Å². The lowest BCUT2D eigenvalue weighted by molar-refractivity contribution is -0.121. The number of piperidine rings is 1. The molecule has 18 heavy (non-hydrogen) atoms. The minimum atomic E-state index is -0.155. The molecular weight excluding hydrogens is 230 g/mol. The maximum absolute atomic E-state index is 11.6. The Kier molecular flexibility index (Phi) is 5.11. The number of nitrogens with one attached hydrogen (secondary N) is 2. The van der Waals surface area contributed by atoms with Gasteiger partial charge in [0.25, 0.3) is 5.91 Å². The van der Waals surface area contributed by atoms with E-state index in [1.54, 1.807) is 12.3 Å². The van der Waals surface area contributed by atoms with Crippen LogP contribution in [0.1, 0.15) is 12.8 Å². The molecule has 1 unspecified atom stereocenters. The molecule has 5 heteroatoms. The van der Waals surface area contributed by atoms with Crippen LogP contribution in [0.2, 0.25) is 0 Å². The van der Waals surface area contributed by atoms with E-state index in [0.29, 0.717) is 18.3 Å². The molecule has 5 nitrogen and oxygen atoms in total. The summed E-state index contributed by atoms with van der Waals surface area (Å²) in [7, 11) is 0. The van der Waals surface area contributed by atoms with E-state index in [1.807, 2.05) is 12.1 Å². The van der Waals surface area contributed by atoms with E-state index < -0.39 is 0 Å². The first-order valence-electron chi connectivity index (χ1n) is 6.34. The number of hydrogen-bond acceptors (Lipinski definition) is 4. The molecule has 0 saturated carbocycles. The fourth-order valence-corrected chi connectivity index (χ4v) is 2.00. The summed E-state index contributed by atoms with van der Waals surface area (Å²) in [5.74, 6) is 0.935. The molecule has 1 aromatic heterocycles. The van der Waals surface area contributed by atoms with Crippen molar-refractivity contribution in [1.29, 1.82) is 0 Å². The van der Waals surface area contributed by atoms with Crippen LogP contribution in [-0.2, 0) is 9.53 Å². The molecule has 2 heterocycles. The number of pyridine rings is 1. The van der Waals surface area contributed by atoms with Gasteiger partial charge in [-0.15, -0.1) is 0 Å². The molecule has 0 aliphatic carbocycles. The summed E-state index contributed by atoms with van der Waals surface area (Å²) in [6, 6.07) is 5.39. The van der Waals surface area contributed by atoms with Gasteiger partial charge in [-0.25, -0.2) is 4.98 Å². The third kappa shape index (κ3) is 4.43. The first-order chi connectivity index (χ1) is 8.84. The van der Waals surface area contributed by atoms with Gasteiger partial charge in [-0.05, 0) is 37.4 Å². The minimum absolute atomic E-state index is 0.0904. The molecule has 0 radical (unpaired) electrons. The van der Waals surface area contributed by atoms with Gasteiger partial charge in [0.2, 0.25) is 0 Å². The molecule has 0 aromatic carbocycles. The molecule has 2 N–H and O–H groups in total. The van der Waals surface area contributed by atoms with E-state index in [2.05, 4.69) is 15.6 Å². The smallest absolute Gasteiger partial charge is 0.251 e. The lowest BCUT2D eigenvalue weighted by atomic mass is 10.0. The Morgan fingerprint density at radius 1 is 1.56 bits per heavy atom. The summed E-state index contributed by atoms with van der Waals surface area (Å²) < 4.78 is 5.43. The minimum Gasteiger partial charge on any atom is -0.371 e. The highest BCUT2D eigenvalue weighted by Crippen LogP contribution is 2.09. The summed E-state index contributed by atoms with van der Waals surface area (Å²) in [6.45, 7) is 2.81. The SMILES string of the molecule is O=C(COCC1CCCNC1)Nc1ccccn1. The van der Waals surface area contributed by atoms with Gasteiger partial charge in [0.15, 0.2) is 0 Å².